The zero-order valence-electron chi connectivity index (χ0n) is 9.90. The van der Waals surface area contributed by atoms with Crippen molar-refractivity contribution in [1.29, 1.82) is 0 Å². The van der Waals surface area contributed by atoms with Gasteiger partial charge < -0.3 is 15.7 Å². The van der Waals surface area contributed by atoms with Gasteiger partial charge in [0, 0.05) is 12.0 Å². The number of thioether (sulfide) groups is 1. The van der Waals surface area contributed by atoms with E-state index < -0.39 is 33.8 Å². The van der Waals surface area contributed by atoms with Gasteiger partial charge in [0.15, 0.2) is 0 Å². The first kappa shape index (κ1) is 15.3. The number of hydrogen-bond acceptors (Lipinski definition) is 6. The summed E-state index contributed by atoms with van der Waals surface area (Å²) in [5, 5.41) is 8.93. The average Bonchev–Trinajstić information content (AvgIpc) is 2.72. The third-order valence-corrected chi connectivity index (χ3v) is 4.56. The van der Waals surface area contributed by atoms with E-state index in [0.717, 1.165) is 6.26 Å². The summed E-state index contributed by atoms with van der Waals surface area (Å²) in [6.07, 6.45) is 1.07. The number of carboxylic acid groups (broad SMARTS) is 1. The molecule has 18 heavy (non-hydrogen) atoms. The first-order valence-electron chi connectivity index (χ1n) is 5.26. The molecule has 1 aliphatic rings. The molecule has 1 heterocycles. The molecule has 0 aromatic rings. The summed E-state index contributed by atoms with van der Waals surface area (Å²) >= 11 is 1.34. The van der Waals surface area contributed by atoms with Gasteiger partial charge in [0.05, 0.1) is 17.7 Å². The van der Waals surface area contributed by atoms with E-state index >= 15 is 0 Å². The summed E-state index contributed by atoms with van der Waals surface area (Å²) in [4.78, 5) is 24.0. The van der Waals surface area contributed by atoms with Gasteiger partial charge in [-0.3, -0.25) is 4.79 Å². The van der Waals surface area contributed by atoms with E-state index in [0.29, 0.717) is 5.75 Å². The first-order chi connectivity index (χ1) is 8.22. The zero-order valence-corrected chi connectivity index (χ0v) is 11.5. The lowest BCUT2D eigenvalue weighted by Gasteiger charge is -2.23. The minimum atomic E-state index is -3.18. The van der Waals surface area contributed by atoms with Crippen LogP contribution in [0.4, 0.5) is 0 Å². The fourth-order valence-electron chi connectivity index (χ4n) is 1.54. The summed E-state index contributed by atoms with van der Waals surface area (Å²) in [6, 6.07) is -1.84. The van der Waals surface area contributed by atoms with Crippen molar-refractivity contribution in [2.24, 2.45) is 5.73 Å². The quantitative estimate of drug-likeness (QED) is 0.649. The van der Waals surface area contributed by atoms with E-state index in [1.807, 2.05) is 0 Å². The predicted molar refractivity (Wildman–Crippen MR) is 67.9 cm³/mol. The molecule has 0 aliphatic carbocycles. The van der Waals surface area contributed by atoms with Crippen LogP contribution in [0.2, 0.25) is 0 Å². The molecule has 0 spiro atoms. The average molecular weight is 296 g/mol. The van der Waals surface area contributed by atoms with Gasteiger partial charge in [0.2, 0.25) is 5.91 Å². The zero-order chi connectivity index (χ0) is 13.9. The van der Waals surface area contributed by atoms with Crippen molar-refractivity contribution < 1.29 is 23.1 Å². The Kier molecular flexibility index (Phi) is 5.00. The minimum Gasteiger partial charge on any atom is -0.480 e. The second-order valence-corrected chi connectivity index (χ2v) is 7.45. The second kappa shape index (κ2) is 5.89. The van der Waals surface area contributed by atoms with Gasteiger partial charge in [-0.2, -0.15) is 0 Å². The molecule has 9 heteroatoms. The van der Waals surface area contributed by atoms with Crippen molar-refractivity contribution in [1.82, 2.24) is 4.90 Å². The summed E-state index contributed by atoms with van der Waals surface area (Å²) in [6.45, 7) is 0. The summed E-state index contributed by atoms with van der Waals surface area (Å²) < 4.78 is 21.9. The maximum atomic E-state index is 11.9. The summed E-state index contributed by atoms with van der Waals surface area (Å²) in [7, 11) is -3.18. The Morgan fingerprint density at radius 3 is 2.67 bits per heavy atom. The number of hydrogen-bond donors (Lipinski definition) is 2. The fraction of sp³-hybridized carbons (Fsp3) is 0.778. The third-order valence-electron chi connectivity index (χ3n) is 2.57. The van der Waals surface area contributed by atoms with Crippen molar-refractivity contribution in [2.45, 2.75) is 18.5 Å². The Morgan fingerprint density at radius 2 is 2.17 bits per heavy atom. The van der Waals surface area contributed by atoms with Crippen molar-refractivity contribution in [3.05, 3.63) is 0 Å². The van der Waals surface area contributed by atoms with Gasteiger partial charge in [-0.05, 0) is 6.42 Å². The SMILES string of the molecule is CS(=O)(=O)CCC(N)C(=O)N1CSC[C@H]1C(=O)O. The highest BCUT2D eigenvalue weighted by molar-refractivity contribution is 7.99. The number of carbonyl (C=O) groups excluding carboxylic acids is 1. The van der Waals surface area contributed by atoms with E-state index in [1.54, 1.807) is 0 Å². The van der Waals surface area contributed by atoms with Crippen molar-refractivity contribution in [3.63, 3.8) is 0 Å². The van der Waals surface area contributed by atoms with E-state index in [1.165, 1.54) is 16.7 Å². The molecule has 0 aromatic heterocycles. The Morgan fingerprint density at radius 1 is 1.56 bits per heavy atom. The molecule has 0 aromatic carbocycles. The van der Waals surface area contributed by atoms with Gasteiger partial charge in [-0.25, -0.2) is 13.2 Å². The Hall–Kier alpha value is -0.800. The lowest BCUT2D eigenvalue weighted by atomic mass is 10.2. The molecule has 3 N–H and O–H groups in total. The molecule has 1 amide bonds. The molecule has 0 bridgehead atoms. The minimum absolute atomic E-state index is 0.00513. The normalized spacial score (nSPS) is 21.9. The smallest absolute Gasteiger partial charge is 0.327 e. The number of rotatable bonds is 5. The van der Waals surface area contributed by atoms with Gasteiger partial charge in [0.1, 0.15) is 15.9 Å². The Bertz CT molecular complexity index is 436. The van der Waals surface area contributed by atoms with E-state index in [-0.39, 0.29) is 18.1 Å². The van der Waals surface area contributed by atoms with Crippen LogP contribution in [0.25, 0.3) is 0 Å². The topological polar surface area (TPSA) is 118 Å². The van der Waals surface area contributed by atoms with E-state index in [2.05, 4.69) is 0 Å². The molecular weight excluding hydrogens is 280 g/mol. The van der Waals surface area contributed by atoms with Crippen LogP contribution in [0.5, 0.6) is 0 Å². The number of nitrogens with two attached hydrogens (primary N) is 1. The fourth-order valence-corrected chi connectivity index (χ4v) is 3.38. The van der Waals surface area contributed by atoms with Crippen molar-refractivity contribution in [2.75, 3.05) is 23.6 Å². The molecule has 1 unspecified atom stereocenters. The van der Waals surface area contributed by atoms with Gasteiger partial charge >= 0.3 is 5.97 Å². The molecule has 0 radical (unpaired) electrons. The molecule has 0 saturated carbocycles. The van der Waals surface area contributed by atoms with Crippen LogP contribution in [0.3, 0.4) is 0 Å². The maximum absolute atomic E-state index is 11.9. The first-order valence-corrected chi connectivity index (χ1v) is 8.48. The molecular formula is C9H16N2O5S2. The number of carbonyl (C=O) groups is 2. The number of nitrogens with zero attached hydrogens (tertiary/aromatic N) is 1. The molecule has 1 rings (SSSR count). The number of sulfone groups is 1. The summed E-state index contributed by atoms with van der Waals surface area (Å²) in [5.74, 6) is -1.14. The van der Waals surface area contributed by atoms with Gasteiger partial charge in [-0.15, -0.1) is 11.8 Å². The van der Waals surface area contributed by atoms with E-state index in [9.17, 15) is 18.0 Å². The largest absolute Gasteiger partial charge is 0.480 e. The second-order valence-electron chi connectivity index (χ2n) is 4.19. The third kappa shape index (κ3) is 4.14. The van der Waals surface area contributed by atoms with Crippen LogP contribution in [0.15, 0.2) is 0 Å². The highest BCUT2D eigenvalue weighted by Gasteiger charge is 2.36. The van der Waals surface area contributed by atoms with Crippen LogP contribution in [0, 0.1) is 0 Å². The molecule has 1 fully saturated rings. The number of amides is 1. The van der Waals surface area contributed by atoms with Crippen molar-refractivity contribution in [3.8, 4) is 0 Å². The van der Waals surface area contributed by atoms with E-state index in [4.69, 9.17) is 10.8 Å². The van der Waals surface area contributed by atoms with Gasteiger partial charge in [0.25, 0.3) is 0 Å². The maximum Gasteiger partial charge on any atom is 0.327 e. The molecule has 2 atom stereocenters. The van der Waals surface area contributed by atoms with Gasteiger partial charge in [-0.1, -0.05) is 0 Å². The van der Waals surface area contributed by atoms with Crippen LogP contribution in [-0.2, 0) is 19.4 Å². The van der Waals surface area contributed by atoms with Crippen LogP contribution >= 0.6 is 11.8 Å². The molecule has 104 valence electrons. The molecule has 1 aliphatic heterocycles. The van der Waals surface area contributed by atoms with Crippen LogP contribution in [-0.4, -0.2) is 66.0 Å². The highest BCUT2D eigenvalue weighted by atomic mass is 32.2. The van der Waals surface area contributed by atoms with Crippen LogP contribution in [0.1, 0.15) is 6.42 Å². The Labute approximate surface area is 110 Å². The highest BCUT2D eigenvalue weighted by Crippen LogP contribution is 2.22. The van der Waals surface area contributed by atoms with Crippen molar-refractivity contribution >= 4 is 33.5 Å². The lowest BCUT2D eigenvalue weighted by Crippen LogP contribution is -2.49. The standard InChI is InChI=1S/C9H16N2O5S2/c1-18(15,16)3-2-6(10)8(12)11-5-17-4-7(11)9(13)14/h6-7H,2-5,10H2,1H3,(H,13,14)/t6?,7-/m0/s1. The predicted octanol–water partition coefficient (Wildman–Crippen LogP) is -1.27. The number of aliphatic carboxylic acids is 1. The monoisotopic (exact) mass is 296 g/mol. The van der Waals surface area contributed by atoms with Crippen LogP contribution < -0.4 is 5.73 Å². The lowest BCUT2D eigenvalue weighted by molar-refractivity contribution is -0.148. The molecule has 7 nitrogen and oxygen atoms in total. The number of carboxylic acids is 1. The molecule has 1 saturated heterocycles. The summed E-state index contributed by atoms with van der Waals surface area (Å²) in [5.41, 5.74) is 5.61. The Balaban J connectivity index is 2.60.